The molecule has 0 spiro atoms. The van der Waals surface area contributed by atoms with Crippen molar-refractivity contribution in [1.82, 2.24) is 15.3 Å². The van der Waals surface area contributed by atoms with Crippen LogP contribution in [0.1, 0.15) is 38.4 Å². The van der Waals surface area contributed by atoms with Crippen LogP contribution >= 0.6 is 23.2 Å². The standard InChI is InChI=1S/C26H30Cl2N4O3/c1-15(2)12-22(30-25(33)17(4)35-24-11-10-18(27)13-21(24)28)26(34)31-29-14-20-16(3)32(5)23-9-7-6-8-19(20)23/h6-11,13-15,17,22H,12H2,1-5H3,(H,30,33)(H,31,34)/b29-14-/t17-,22-/m0/s1. The first-order valence-corrected chi connectivity index (χ1v) is 12.1. The molecule has 2 amide bonds. The number of hydrogen-bond donors (Lipinski definition) is 2. The van der Waals surface area contributed by atoms with Gasteiger partial charge in [0.1, 0.15) is 11.8 Å². The van der Waals surface area contributed by atoms with Gasteiger partial charge >= 0.3 is 0 Å². The lowest BCUT2D eigenvalue weighted by Gasteiger charge is -2.22. The number of hydrazone groups is 1. The first-order valence-electron chi connectivity index (χ1n) is 11.4. The van der Waals surface area contributed by atoms with Crippen molar-refractivity contribution in [2.75, 3.05) is 0 Å². The molecule has 2 N–H and O–H groups in total. The highest BCUT2D eigenvalue weighted by Crippen LogP contribution is 2.28. The minimum atomic E-state index is -0.877. The SMILES string of the molecule is Cc1c(/C=N\NC(=O)[C@H](CC(C)C)NC(=O)[C@H](C)Oc2ccc(Cl)cc2Cl)c2ccccc2n1C. The van der Waals surface area contributed by atoms with Gasteiger partial charge in [0.25, 0.3) is 11.8 Å². The van der Waals surface area contributed by atoms with Crippen LogP contribution in [0.15, 0.2) is 47.6 Å². The van der Waals surface area contributed by atoms with E-state index in [-0.39, 0.29) is 5.92 Å². The summed E-state index contributed by atoms with van der Waals surface area (Å²) in [5, 5.41) is 8.76. The van der Waals surface area contributed by atoms with Gasteiger partial charge in [-0.1, -0.05) is 55.2 Å². The fourth-order valence-electron chi connectivity index (χ4n) is 3.76. The lowest BCUT2D eigenvalue weighted by molar-refractivity contribution is -0.132. The van der Waals surface area contributed by atoms with Crippen LogP contribution in [0.3, 0.4) is 0 Å². The van der Waals surface area contributed by atoms with Crippen LogP contribution in [0, 0.1) is 12.8 Å². The summed E-state index contributed by atoms with van der Waals surface area (Å²) in [6.07, 6.45) is 1.20. The van der Waals surface area contributed by atoms with Crippen molar-refractivity contribution in [1.29, 1.82) is 0 Å². The number of amides is 2. The minimum absolute atomic E-state index is 0.164. The summed E-state index contributed by atoms with van der Waals surface area (Å²) in [7, 11) is 1.99. The third kappa shape index (κ3) is 6.55. The molecule has 1 heterocycles. The topological polar surface area (TPSA) is 84.7 Å². The highest BCUT2D eigenvalue weighted by Gasteiger charge is 2.25. The predicted molar refractivity (Wildman–Crippen MR) is 141 cm³/mol. The van der Waals surface area contributed by atoms with Gasteiger partial charge in [0, 0.05) is 34.2 Å². The van der Waals surface area contributed by atoms with E-state index in [0.29, 0.717) is 22.2 Å². The summed E-state index contributed by atoms with van der Waals surface area (Å²) in [6.45, 7) is 7.54. The van der Waals surface area contributed by atoms with Crippen molar-refractivity contribution in [3.63, 3.8) is 0 Å². The molecule has 0 aliphatic heterocycles. The Hall–Kier alpha value is -3.03. The number of ether oxygens (including phenoxy) is 1. The van der Waals surface area contributed by atoms with Gasteiger partial charge in [0.05, 0.1) is 11.2 Å². The molecule has 3 rings (SSSR count). The summed E-state index contributed by atoms with van der Waals surface area (Å²) < 4.78 is 7.75. The maximum Gasteiger partial charge on any atom is 0.262 e. The van der Waals surface area contributed by atoms with Crippen LogP contribution in [0.25, 0.3) is 10.9 Å². The van der Waals surface area contributed by atoms with E-state index in [1.165, 1.54) is 6.07 Å². The predicted octanol–water partition coefficient (Wildman–Crippen LogP) is 5.24. The summed E-state index contributed by atoms with van der Waals surface area (Å²) in [5.41, 5.74) is 5.61. The number of aromatic nitrogens is 1. The third-order valence-electron chi connectivity index (χ3n) is 5.72. The van der Waals surface area contributed by atoms with Gasteiger partial charge in [-0.3, -0.25) is 9.59 Å². The Morgan fingerprint density at radius 1 is 1.11 bits per heavy atom. The molecular weight excluding hydrogens is 487 g/mol. The molecule has 0 saturated heterocycles. The Labute approximate surface area is 215 Å². The van der Waals surface area contributed by atoms with E-state index in [1.54, 1.807) is 25.3 Å². The van der Waals surface area contributed by atoms with Crippen LogP contribution in [-0.2, 0) is 16.6 Å². The third-order valence-corrected chi connectivity index (χ3v) is 6.25. The molecule has 0 aliphatic rings. The number of carbonyl (C=O) groups excluding carboxylic acids is 2. The van der Waals surface area contributed by atoms with Crippen LogP contribution in [0.5, 0.6) is 5.75 Å². The lowest BCUT2D eigenvalue weighted by atomic mass is 10.0. The Morgan fingerprint density at radius 2 is 1.83 bits per heavy atom. The highest BCUT2D eigenvalue weighted by atomic mass is 35.5. The molecule has 2 aromatic carbocycles. The largest absolute Gasteiger partial charge is 0.479 e. The smallest absolute Gasteiger partial charge is 0.262 e. The summed E-state index contributed by atoms with van der Waals surface area (Å²) in [6, 6.07) is 12.0. The van der Waals surface area contributed by atoms with Crippen molar-refractivity contribution in [3.05, 3.63) is 63.8 Å². The van der Waals surface area contributed by atoms with Gasteiger partial charge in [-0.25, -0.2) is 5.43 Å². The molecule has 2 atom stereocenters. The van der Waals surface area contributed by atoms with Crippen molar-refractivity contribution >= 4 is 52.1 Å². The molecule has 35 heavy (non-hydrogen) atoms. The number of fused-ring (bicyclic) bond motifs is 1. The molecule has 0 bridgehead atoms. The van der Waals surface area contributed by atoms with Crippen molar-refractivity contribution in [2.45, 2.75) is 46.3 Å². The van der Waals surface area contributed by atoms with Crippen LogP contribution in [-0.4, -0.2) is 34.7 Å². The second-order valence-electron chi connectivity index (χ2n) is 8.84. The van der Waals surface area contributed by atoms with E-state index in [4.69, 9.17) is 27.9 Å². The zero-order chi connectivity index (χ0) is 25.7. The second kappa shape index (κ2) is 11.6. The average Bonchev–Trinajstić information content (AvgIpc) is 3.05. The fraction of sp³-hybridized carbons (Fsp3) is 0.346. The van der Waals surface area contributed by atoms with E-state index >= 15 is 0 Å². The number of carbonyl (C=O) groups is 2. The van der Waals surface area contributed by atoms with E-state index in [9.17, 15) is 9.59 Å². The Morgan fingerprint density at radius 3 is 2.51 bits per heavy atom. The average molecular weight is 517 g/mol. The number of halogens is 2. The number of nitrogens with zero attached hydrogens (tertiary/aromatic N) is 2. The molecule has 0 fully saturated rings. The molecule has 9 heteroatoms. The number of benzene rings is 2. The van der Waals surface area contributed by atoms with E-state index in [1.807, 2.05) is 52.1 Å². The molecule has 0 saturated carbocycles. The van der Waals surface area contributed by atoms with Gasteiger partial charge in [-0.2, -0.15) is 5.10 Å². The maximum atomic E-state index is 12.9. The first kappa shape index (κ1) is 26.6. The van der Waals surface area contributed by atoms with Gasteiger partial charge in [0.2, 0.25) is 0 Å². The zero-order valence-electron chi connectivity index (χ0n) is 20.4. The summed E-state index contributed by atoms with van der Waals surface area (Å²) >= 11 is 12.0. The second-order valence-corrected chi connectivity index (χ2v) is 9.68. The number of aryl methyl sites for hydroxylation is 1. The molecular formula is C26H30Cl2N4O3. The molecule has 0 radical (unpaired) electrons. The van der Waals surface area contributed by atoms with E-state index in [2.05, 4.69) is 20.4 Å². The number of hydrogen-bond acceptors (Lipinski definition) is 4. The van der Waals surface area contributed by atoms with E-state index in [0.717, 1.165) is 22.2 Å². The van der Waals surface area contributed by atoms with Gasteiger partial charge in [-0.05, 0) is 50.5 Å². The van der Waals surface area contributed by atoms with Gasteiger partial charge in [-0.15, -0.1) is 0 Å². The molecule has 0 aliphatic carbocycles. The summed E-state index contributed by atoms with van der Waals surface area (Å²) in [4.78, 5) is 25.7. The summed E-state index contributed by atoms with van der Waals surface area (Å²) in [5.74, 6) is -0.348. The molecule has 0 unspecified atom stereocenters. The minimum Gasteiger partial charge on any atom is -0.479 e. The van der Waals surface area contributed by atoms with Crippen LogP contribution in [0.4, 0.5) is 0 Å². The number of nitrogens with one attached hydrogen (secondary N) is 2. The maximum absolute atomic E-state index is 12.9. The quantitative estimate of drug-likeness (QED) is 0.301. The van der Waals surface area contributed by atoms with Crippen molar-refractivity contribution < 1.29 is 14.3 Å². The van der Waals surface area contributed by atoms with Crippen molar-refractivity contribution in [3.8, 4) is 5.75 Å². The molecule has 7 nitrogen and oxygen atoms in total. The Balaban J connectivity index is 1.68. The first-order chi connectivity index (χ1) is 16.6. The Kier molecular flexibility index (Phi) is 8.81. The van der Waals surface area contributed by atoms with Gasteiger partial charge in [0.15, 0.2) is 6.10 Å². The molecule has 186 valence electrons. The zero-order valence-corrected chi connectivity index (χ0v) is 21.9. The lowest BCUT2D eigenvalue weighted by Crippen LogP contribution is -2.49. The monoisotopic (exact) mass is 516 g/mol. The number of para-hydroxylation sites is 1. The van der Waals surface area contributed by atoms with Crippen molar-refractivity contribution in [2.24, 2.45) is 18.1 Å². The molecule has 3 aromatic rings. The van der Waals surface area contributed by atoms with E-state index < -0.39 is 24.0 Å². The van der Waals surface area contributed by atoms with Crippen LogP contribution < -0.4 is 15.5 Å². The number of rotatable bonds is 9. The van der Waals surface area contributed by atoms with Crippen LogP contribution in [0.2, 0.25) is 10.0 Å². The Bertz CT molecular complexity index is 1250. The van der Waals surface area contributed by atoms with Gasteiger partial charge < -0.3 is 14.6 Å². The normalized spacial score (nSPS) is 13.3. The fourth-order valence-corrected chi connectivity index (χ4v) is 4.21. The molecule has 1 aromatic heterocycles. The highest BCUT2D eigenvalue weighted by molar-refractivity contribution is 6.35.